The zero-order chi connectivity index (χ0) is 19.0. The van der Waals surface area contributed by atoms with Crippen molar-refractivity contribution in [1.29, 1.82) is 0 Å². The molecule has 0 bridgehead atoms. The number of piperidine rings is 1. The van der Waals surface area contributed by atoms with Crippen molar-refractivity contribution < 1.29 is 9.53 Å². The maximum Gasteiger partial charge on any atom is 0.231 e. The van der Waals surface area contributed by atoms with Gasteiger partial charge in [-0.1, -0.05) is 12.1 Å². The van der Waals surface area contributed by atoms with Crippen LogP contribution in [0, 0.1) is 6.92 Å². The second-order valence-electron chi connectivity index (χ2n) is 8.94. The number of carbonyl (C=O) groups excluding carboxylic acids is 1. The zero-order valence-electron chi connectivity index (χ0n) is 17.6. The maximum atomic E-state index is 12.7. The molecule has 0 radical (unpaired) electrons. The summed E-state index contributed by atoms with van der Waals surface area (Å²) in [6.45, 7) is 9.69. The molecular formula is C23H35ClN2O2. The van der Waals surface area contributed by atoms with Gasteiger partial charge in [0.15, 0.2) is 0 Å². The van der Waals surface area contributed by atoms with E-state index in [1.165, 1.54) is 42.5 Å². The van der Waals surface area contributed by atoms with Gasteiger partial charge in [-0.15, -0.1) is 12.4 Å². The first kappa shape index (κ1) is 21.6. The Labute approximate surface area is 176 Å². The number of hydrogen-bond acceptors (Lipinski definition) is 3. The molecule has 0 spiro atoms. The van der Waals surface area contributed by atoms with Crippen molar-refractivity contribution >= 4 is 24.0 Å². The van der Waals surface area contributed by atoms with Crippen LogP contribution in [0.4, 0.5) is 5.69 Å². The summed E-state index contributed by atoms with van der Waals surface area (Å²) in [6.07, 6.45) is 8.03. The van der Waals surface area contributed by atoms with Crippen LogP contribution in [0.25, 0.3) is 0 Å². The SMILES string of the molecule is CCO[C@H]1CC[C@](C)(N2CCC(N3C(=O)Cc4ccc(C)cc43)CC2)CC1.Cl. The highest BCUT2D eigenvalue weighted by Gasteiger charge is 2.41. The molecule has 0 aromatic heterocycles. The average molecular weight is 407 g/mol. The monoisotopic (exact) mass is 406 g/mol. The number of aryl methyl sites for hydroxylation is 1. The Kier molecular flexibility index (Phi) is 6.73. The number of carbonyl (C=O) groups is 1. The normalized spacial score (nSPS) is 28.9. The van der Waals surface area contributed by atoms with Gasteiger partial charge in [0.05, 0.1) is 12.5 Å². The molecule has 1 amide bonds. The minimum absolute atomic E-state index is 0. The van der Waals surface area contributed by atoms with Crippen molar-refractivity contribution in [2.24, 2.45) is 0 Å². The number of anilines is 1. The number of ether oxygens (including phenoxy) is 1. The van der Waals surface area contributed by atoms with Gasteiger partial charge in [0.25, 0.3) is 0 Å². The van der Waals surface area contributed by atoms with Crippen LogP contribution in [-0.2, 0) is 16.0 Å². The minimum Gasteiger partial charge on any atom is -0.379 e. The third-order valence-corrected chi connectivity index (χ3v) is 7.12. The first-order valence-electron chi connectivity index (χ1n) is 10.8. The lowest BCUT2D eigenvalue weighted by molar-refractivity contribution is -0.118. The van der Waals surface area contributed by atoms with Gasteiger partial charge >= 0.3 is 0 Å². The largest absolute Gasteiger partial charge is 0.379 e. The van der Waals surface area contributed by atoms with Gasteiger partial charge in [-0.3, -0.25) is 9.69 Å². The zero-order valence-corrected chi connectivity index (χ0v) is 18.4. The summed E-state index contributed by atoms with van der Waals surface area (Å²) in [5, 5.41) is 0. The summed E-state index contributed by atoms with van der Waals surface area (Å²) in [5.74, 6) is 0.289. The van der Waals surface area contributed by atoms with Gasteiger partial charge in [-0.25, -0.2) is 0 Å². The standard InChI is InChI=1S/C23H34N2O2.ClH/c1-4-27-20-7-11-23(3,12-8-20)24-13-9-19(10-14-24)25-21-15-17(2)5-6-18(21)16-22(25)26;/h5-6,15,19-20H,4,7-14,16H2,1-3H3;1H/t20-,23-;. The molecule has 2 aliphatic heterocycles. The van der Waals surface area contributed by atoms with E-state index in [4.69, 9.17) is 4.74 Å². The second-order valence-corrected chi connectivity index (χ2v) is 8.94. The van der Waals surface area contributed by atoms with E-state index in [-0.39, 0.29) is 18.3 Å². The van der Waals surface area contributed by atoms with Gasteiger partial charge in [0.2, 0.25) is 5.91 Å². The van der Waals surface area contributed by atoms with Crippen LogP contribution < -0.4 is 4.90 Å². The van der Waals surface area contributed by atoms with Crippen LogP contribution in [0.2, 0.25) is 0 Å². The van der Waals surface area contributed by atoms with Crippen molar-refractivity contribution in [1.82, 2.24) is 4.90 Å². The molecule has 1 aliphatic carbocycles. The fourth-order valence-electron chi connectivity index (χ4n) is 5.43. The van der Waals surface area contributed by atoms with Crippen molar-refractivity contribution in [3.63, 3.8) is 0 Å². The lowest BCUT2D eigenvalue weighted by atomic mass is 9.79. The van der Waals surface area contributed by atoms with Gasteiger partial charge in [0.1, 0.15) is 0 Å². The third kappa shape index (κ3) is 4.10. The number of benzene rings is 1. The Hall–Kier alpha value is -1.10. The van der Waals surface area contributed by atoms with Crippen LogP contribution in [0.15, 0.2) is 18.2 Å². The van der Waals surface area contributed by atoms with Crippen molar-refractivity contribution in [2.75, 3.05) is 24.6 Å². The summed E-state index contributed by atoms with van der Waals surface area (Å²) in [6, 6.07) is 6.82. The molecule has 0 atom stereocenters. The first-order valence-corrected chi connectivity index (χ1v) is 10.8. The molecule has 1 saturated carbocycles. The van der Waals surface area contributed by atoms with Crippen LogP contribution in [-0.4, -0.2) is 48.2 Å². The van der Waals surface area contributed by atoms with E-state index in [9.17, 15) is 4.79 Å². The predicted molar refractivity (Wildman–Crippen MR) is 116 cm³/mol. The van der Waals surface area contributed by atoms with Gasteiger partial charge in [-0.05, 0) is 76.5 Å². The number of fused-ring (bicyclic) bond motifs is 1. The number of amides is 1. The summed E-state index contributed by atoms with van der Waals surface area (Å²) in [4.78, 5) is 17.5. The number of rotatable bonds is 4. The maximum absolute atomic E-state index is 12.7. The van der Waals surface area contributed by atoms with Gasteiger partial charge < -0.3 is 9.64 Å². The van der Waals surface area contributed by atoms with E-state index >= 15 is 0 Å². The highest BCUT2D eigenvalue weighted by molar-refractivity contribution is 6.02. The molecule has 4 nitrogen and oxygen atoms in total. The molecule has 1 aromatic rings. The molecule has 2 fully saturated rings. The first-order chi connectivity index (χ1) is 13.0. The molecule has 5 heteroatoms. The quantitative estimate of drug-likeness (QED) is 0.737. The highest BCUT2D eigenvalue weighted by atomic mass is 35.5. The minimum atomic E-state index is 0. The average Bonchev–Trinajstić information content (AvgIpc) is 2.99. The number of halogens is 1. The van der Waals surface area contributed by atoms with Crippen LogP contribution in [0.3, 0.4) is 0 Å². The molecule has 1 aromatic carbocycles. The molecular weight excluding hydrogens is 372 g/mol. The Morgan fingerprint density at radius 2 is 1.82 bits per heavy atom. The molecule has 28 heavy (non-hydrogen) atoms. The van der Waals surface area contributed by atoms with E-state index in [0.717, 1.165) is 32.5 Å². The fourth-order valence-corrected chi connectivity index (χ4v) is 5.43. The lowest BCUT2D eigenvalue weighted by Gasteiger charge is -2.49. The Balaban J connectivity index is 0.00000225. The summed E-state index contributed by atoms with van der Waals surface area (Å²) >= 11 is 0. The third-order valence-electron chi connectivity index (χ3n) is 7.12. The van der Waals surface area contributed by atoms with E-state index in [1.54, 1.807) is 0 Å². The van der Waals surface area contributed by atoms with Crippen molar-refractivity contribution in [3.8, 4) is 0 Å². The van der Waals surface area contributed by atoms with Crippen LogP contribution in [0.5, 0.6) is 0 Å². The van der Waals surface area contributed by atoms with E-state index in [2.05, 4.69) is 48.8 Å². The lowest BCUT2D eigenvalue weighted by Crippen LogP contribution is -2.55. The summed E-state index contributed by atoms with van der Waals surface area (Å²) in [7, 11) is 0. The molecule has 0 N–H and O–H groups in total. The predicted octanol–water partition coefficient (Wildman–Crippen LogP) is 4.51. The van der Waals surface area contributed by atoms with Gasteiger partial charge in [-0.2, -0.15) is 0 Å². The van der Waals surface area contributed by atoms with Gasteiger partial charge in [0, 0.05) is 37.0 Å². The molecule has 0 unspecified atom stereocenters. The van der Waals surface area contributed by atoms with E-state index < -0.39 is 0 Å². The topological polar surface area (TPSA) is 32.8 Å². The molecule has 3 aliphatic rings. The van der Waals surface area contributed by atoms with Crippen molar-refractivity contribution in [3.05, 3.63) is 29.3 Å². The molecule has 1 saturated heterocycles. The summed E-state index contributed by atoms with van der Waals surface area (Å²) < 4.78 is 5.84. The summed E-state index contributed by atoms with van der Waals surface area (Å²) in [5.41, 5.74) is 3.92. The van der Waals surface area contributed by atoms with Crippen LogP contribution >= 0.6 is 12.4 Å². The van der Waals surface area contributed by atoms with E-state index in [1.807, 2.05) is 0 Å². The van der Waals surface area contributed by atoms with Crippen molar-refractivity contribution in [2.45, 2.75) is 83.4 Å². The fraction of sp³-hybridized carbons (Fsp3) is 0.696. The highest BCUT2D eigenvalue weighted by Crippen LogP contribution is 2.39. The smallest absolute Gasteiger partial charge is 0.231 e. The van der Waals surface area contributed by atoms with Crippen LogP contribution in [0.1, 0.15) is 63.5 Å². The number of hydrogen-bond donors (Lipinski definition) is 0. The molecule has 4 rings (SSSR count). The Morgan fingerprint density at radius 3 is 2.46 bits per heavy atom. The Morgan fingerprint density at radius 1 is 1.14 bits per heavy atom. The van der Waals surface area contributed by atoms with E-state index in [0.29, 0.717) is 24.1 Å². The number of nitrogens with zero attached hydrogens (tertiary/aromatic N) is 2. The molecule has 156 valence electrons. The Bertz CT molecular complexity index is 692. The number of likely N-dealkylation sites (tertiary alicyclic amines) is 1. The second kappa shape index (κ2) is 8.73. The molecule has 2 heterocycles.